The van der Waals surface area contributed by atoms with E-state index in [0.29, 0.717) is 0 Å². The third-order valence-corrected chi connectivity index (χ3v) is 13.3. The third-order valence-electron chi connectivity index (χ3n) is 8.32. The lowest BCUT2D eigenvalue weighted by molar-refractivity contribution is 0.376. The predicted octanol–water partition coefficient (Wildman–Crippen LogP) is 11.9. The van der Waals surface area contributed by atoms with Crippen LogP contribution in [0.1, 0.15) is 158 Å². The zero-order valence-electron chi connectivity index (χ0n) is 24.9. The van der Waals surface area contributed by atoms with E-state index >= 15 is 0 Å². The zero-order valence-corrected chi connectivity index (χ0v) is 25.8. The molecule has 3 unspecified atom stereocenters. The largest absolute Gasteiger partial charge is 0.0652 e. The van der Waals surface area contributed by atoms with E-state index in [-0.39, 0.29) is 0 Å². The highest BCUT2D eigenvalue weighted by Gasteiger charge is 2.35. The van der Waals surface area contributed by atoms with Gasteiger partial charge in [0.25, 0.3) is 0 Å². The normalized spacial score (nSPS) is 15.2. The van der Waals surface area contributed by atoms with Crippen molar-refractivity contribution in [1.29, 1.82) is 0 Å². The molecule has 0 aliphatic carbocycles. The topological polar surface area (TPSA) is 0 Å². The van der Waals surface area contributed by atoms with Crippen molar-refractivity contribution in [1.82, 2.24) is 0 Å². The summed E-state index contributed by atoms with van der Waals surface area (Å²) in [6, 6.07) is 0. The Balaban J connectivity index is 4.20. The molecule has 0 rings (SSSR count). The van der Waals surface area contributed by atoms with Gasteiger partial charge in [0.1, 0.15) is 0 Å². The third kappa shape index (κ3) is 19.3. The van der Waals surface area contributed by atoms with Crippen molar-refractivity contribution in [3.05, 3.63) is 0 Å². The Morgan fingerprint density at radius 1 is 0.394 bits per heavy atom. The minimum absolute atomic E-state index is 0.689. The summed E-state index contributed by atoms with van der Waals surface area (Å²) in [5.74, 6) is 3.70. The second-order valence-electron chi connectivity index (χ2n) is 12.6. The monoisotopic (exact) mass is 484 g/mol. The van der Waals surface area contributed by atoms with Gasteiger partial charge in [-0.25, -0.2) is 0 Å². The fourth-order valence-corrected chi connectivity index (χ4v) is 10.9. The lowest BCUT2D eigenvalue weighted by atomic mass is 9.91. The van der Waals surface area contributed by atoms with Crippen LogP contribution in [0.25, 0.3) is 0 Å². The minimum Gasteiger partial charge on any atom is -0.0652 e. The van der Waals surface area contributed by atoms with Crippen molar-refractivity contribution in [3.8, 4) is 0 Å². The van der Waals surface area contributed by atoms with E-state index in [2.05, 4.69) is 55.4 Å². The van der Waals surface area contributed by atoms with Crippen LogP contribution in [0.5, 0.6) is 0 Å². The molecule has 0 aromatic carbocycles. The van der Waals surface area contributed by atoms with Gasteiger partial charge in [0.05, 0.1) is 24.6 Å². The van der Waals surface area contributed by atoms with Crippen molar-refractivity contribution in [2.24, 2.45) is 23.7 Å². The van der Waals surface area contributed by atoms with Crippen LogP contribution in [0.2, 0.25) is 0 Å². The van der Waals surface area contributed by atoms with Crippen LogP contribution < -0.4 is 0 Å². The molecule has 0 spiro atoms. The summed E-state index contributed by atoms with van der Waals surface area (Å²) in [7, 11) is -0.689. The second kappa shape index (κ2) is 21.7. The van der Waals surface area contributed by atoms with Crippen molar-refractivity contribution in [3.63, 3.8) is 0 Å². The van der Waals surface area contributed by atoms with Crippen LogP contribution in [0.4, 0.5) is 0 Å². The molecule has 0 nitrogen and oxygen atoms in total. The van der Waals surface area contributed by atoms with Crippen molar-refractivity contribution < 1.29 is 0 Å². The molecule has 0 saturated carbocycles. The smallest absolute Gasteiger partial charge is 0.0596 e. The van der Waals surface area contributed by atoms with Gasteiger partial charge in [-0.15, -0.1) is 0 Å². The Bertz CT molecular complexity index is 380. The Kier molecular flexibility index (Phi) is 22.0. The Hall–Kier alpha value is 0.430. The summed E-state index contributed by atoms with van der Waals surface area (Å²) < 4.78 is 0. The lowest BCUT2D eigenvalue weighted by Crippen LogP contribution is -2.14. The van der Waals surface area contributed by atoms with Gasteiger partial charge < -0.3 is 0 Å². The Labute approximate surface area is 213 Å². The highest BCUT2D eigenvalue weighted by molar-refractivity contribution is 7.75. The van der Waals surface area contributed by atoms with Gasteiger partial charge in [0.2, 0.25) is 0 Å². The second-order valence-corrected chi connectivity index (χ2v) is 17.1. The van der Waals surface area contributed by atoms with Gasteiger partial charge in [-0.1, -0.05) is 132 Å². The summed E-state index contributed by atoms with van der Waals surface area (Å²) in [5, 5.41) is 0. The molecule has 0 saturated heterocycles. The van der Waals surface area contributed by atoms with E-state index < -0.39 is 7.26 Å². The first kappa shape index (κ1) is 33.4. The quantitative estimate of drug-likeness (QED) is 0.120. The minimum atomic E-state index is -0.689. The zero-order chi connectivity index (χ0) is 25.0. The molecule has 0 aliphatic heterocycles. The Morgan fingerprint density at radius 2 is 0.727 bits per heavy atom. The molecule has 3 atom stereocenters. The van der Waals surface area contributed by atoms with Crippen molar-refractivity contribution >= 4 is 7.26 Å². The molecule has 33 heavy (non-hydrogen) atoms. The van der Waals surface area contributed by atoms with Crippen LogP contribution in [-0.4, -0.2) is 24.6 Å². The van der Waals surface area contributed by atoms with Crippen LogP contribution in [0, 0.1) is 23.7 Å². The number of rotatable bonds is 24. The van der Waals surface area contributed by atoms with E-state index in [9.17, 15) is 0 Å². The molecule has 0 heterocycles. The first-order chi connectivity index (χ1) is 15.8. The number of hydrogen-bond acceptors (Lipinski definition) is 0. The molecule has 0 bridgehead atoms. The average Bonchev–Trinajstić information content (AvgIpc) is 2.78. The number of hydrogen-bond donors (Lipinski definition) is 0. The molecular weight excluding hydrogens is 415 g/mol. The van der Waals surface area contributed by atoms with E-state index in [1.54, 1.807) is 24.6 Å². The molecule has 1 heteroatoms. The summed E-state index contributed by atoms with van der Waals surface area (Å²) in [4.78, 5) is 0. The average molecular weight is 484 g/mol. The van der Waals surface area contributed by atoms with Gasteiger partial charge in [0.15, 0.2) is 0 Å². The fourth-order valence-electron chi connectivity index (χ4n) is 5.58. The number of unbranched alkanes of at least 4 members (excludes halogenated alkanes) is 3. The maximum atomic E-state index is 2.57. The maximum Gasteiger partial charge on any atom is 0.0596 e. The van der Waals surface area contributed by atoms with Crippen LogP contribution >= 0.6 is 7.26 Å². The molecule has 0 aromatic rings. The molecule has 0 radical (unpaired) electrons. The SMILES string of the molecule is CCCC[P+](CCCC)(CCCC)CCC(C)CCCC(C)CCCC(C)CCCC(C)C. The maximum absolute atomic E-state index is 2.57. The molecule has 0 N–H and O–H groups in total. The first-order valence-electron chi connectivity index (χ1n) is 15.6. The van der Waals surface area contributed by atoms with Gasteiger partial charge in [0, 0.05) is 7.26 Å². The standard InChI is InChI=1S/C32H68P/c1-9-12-25-33(26-13-10-2,27-14-11-3)28-24-32(8)23-17-22-31(7)21-16-20-30(6)19-15-18-29(4)5/h29-32H,9-28H2,1-8H3/q+1. The van der Waals surface area contributed by atoms with Gasteiger partial charge >= 0.3 is 0 Å². The summed E-state index contributed by atoms with van der Waals surface area (Å²) in [6.07, 6.45) is 29.7. The van der Waals surface area contributed by atoms with Crippen LogP contribution in [0.15, 0.2) is 0 Å². The first-order valence-corrected chi connectivity index (χ1v) is 18.2. The van der Waals surface area contributed by atoms with Crippen LogP contribution in [-0.2, 0) is 0 Å². The Morgan fingerprint density at radius 3 is 1.06 bits per heavy atom. The van der Waals surface area contributed by atoms with Gasteiger partial charge in [-0.3, -0.25) is 0 Å². The van der Waals surface area contributed by atoms with E-state index in [0.717, 1.165) is 23.7 Å². The van der Waals surface area contributed by atoms with Gasteiger partial charge in [-0.2, -0.15) is 0 Å². The molecule has 0 aromatic heterocycles. The molecule has 200 valence electrons. The van der Waals surface area contributed by atoms with E-state index in [4.69, 9.17) is 0 Å². The van der Waals surface area contributed by atoms with Crippen LogP contribution in [0.3, 0.4) is 0 Å². The molecular formula is C32H68P+. The fraction of sp³-hybridized carbons (Fsp3) is 1.00. The van der Waals surface area contributed by atoms with Gasteiger partial charge in [-0.05, 0) is 49.4 Å². The predicted molar refractivity (Wildman–Crippen MR) is 160 cm³/mol. The summed E-state index contributed by atoms with van der Waals surface area (Å²) >= 11 is 0. The summed E-state index contributed by atoms with van der Waals surface area (Å²) in [6.45, 7) is 19.5. The molecule has 0 amide bonds. The van der Waals surface area contributed by atoms with E-state index in [1.807, 2.05) is 0 Å². The lowest BCUT2D eigenvalue weighted by Gasteiger charge is -2.29. The van der Waals surface area contributed by atoms with Crippen molar-refractivity contribution in [2.75, 3.05) is 24.6 Å². The van der Waals surface area contributed by atoms with Crippen molar-refractivity contribution in [2.45, 2.75) is 158 Å². The molecule has 0 fully saturated rings. The summed E-state index contributed by atoms with van der Waals surface area (Å²) in [5.41, 5.74) is 0. The molecule has 0 aliphatic rings. The van der Waals surface area contributed by atoms with E-state index in [1.165, 1.54) is 103 Å². The highest BCUT2D eigenvalue weighted by Crippen LogP contribution is 2.61. The highest BCUT2D eigenvalue weighted by atomic mass is 31.2.